The maximum Gasteiger partial charge on any atom is 0.244 e. The molecule has 1 aromatic rings. The molecule has 1 unspecified atom stereocenters. The lowest BCUT2D eigenvalue weighted by Crippen LogP contribution is -2.30. The van der Waals surface area contributed by atoms with Gasteiger partial charge in [0.15, 0.2) is 0 Å². The van der Waals surface area contributed by atoms with Gasteiger partial charge in [-0.25, -0.2) is 0 Å². The van der Waals surface area contributed by atoms with E-state index < -0.39 is 0 Å². The summed E-state index contributed by atoms with van der Waals surface area (Å²) in [6.07, 6.45) is 5.41. The van der Waals surface area contributed by atoms with Crippen molar-refractivity contribution >= 4 is 17.7 Å². The van der Waals surface area contributed by atoms with Crippen LogP contribution in [0.25, 0.3) is 6.08 Å². The second-order valence-electron chi connectivity index (χ2n) is 4.20. The normalized spacial score (nSPS) is 12.6. The summed E-state index contributed by atoms with van der Waals surface area (Å²) in [7, 11) is 0. The molecule has 0 saturated heterocycles. The van der Waals surface area contributed by atoms with E-state index in [0.29, 0.717) is 0 Å². The van der Waals surface area contributed by atoms with Crippen LogP contribution in [0.1, 0.15) is 32.3 Å². The predicted octanol–water partition coefficient (Wildman–Crippen LogP) is 2.59. The summed E-state index contributed by atoms with van der Waals surface area (Å²) in [5.74, 6) is -0.0530. The number of benzene rings is 1. The first kappa shape index (κ1) is 13.3. The Bertz CT molecular complexity index is 382. The second-order valence-corrected chi connectivity index (χ2v) is 4.20. The Morgan fingerprint density at radius 3 is 2.65 bits per heavy atom. The second kappa shape index (κ2) is 6.74. The van der Waals surface area contributed by atoms with Crippen molar-refractivity contribution in [3.63, 3.8) is 0 Å². The van der Waals surface area contributed by atoms with E-state index in [0.717, 1.165) is 24.1 Å². The predicted molar refractivity (Wildman–Crippen MR) is 72.4 cm³/mol. The fraction of sp³-hybridized carbons (Fsp3) is 0.357. The molecule has 1 amide bonds. The Morgan fingerprint density at radius 2 is 2.06 bits per heavy atom. The fourth-order valence-corrected chi connectivity index (χ4v) is 1.58. The highest BCUT2D eigenvalue weighted by molar-refractivity contribution is 5.91. The molecule has 3 nitrogen and oxygen atoms in total. The maximum atomic E-state index is 11.5. The van der Waals surface area contributed by atoms with Crippen molar-refractivity contribution in [1.29, 1.82) is 0 Å². The van der Waals surface area contributed by atoms with Crippen LogP contribution >= 0.6 is 0 Å². The van der Waals surface area contributed by atoms with Crippen molar-refractivity contribution in [3.8, 4) is 0 Å². The standard InChI is InChI=1S/C14H20N2O/c1-3-4-11(2)16-14(17)10-7-12-5-8-13(15)9-6-12/h5-11H,3-4,15H2,1-2H3,(H,16,17)/b10-7+. The lowest BCUT2D eigenvalue weighted by atomic mass is 10.2. The third-order valence-electron chi connectivity index (χ3n) is 2.47. The van der Waals surface area contributed by atoms with E-state index in [9.17, 15) is 4.79 Å². The van der Waals surface area contributed by atoms with E-state index in [1.165, 1.54) is 0 Å². The number of carbonyl (C=O) groups excluding carboxylic acids is 1. The molecule has 92 valence electrons. The Kier molecular flexibility index (Phi) is 5.27. The molecule has 0 fully saturated rings. The summed E-state index contributed by atoms with van der Waals surface area (Å²) in [6, 6.07) is 7.63. The molecule has 1 aromatic carbocycles. The van der Waals surface area contributed by atoms with Gasteiger partial charge in [0.25, 0.3) is 0 Å². The van der Waals surface area contributed by atoms with Gasteiger partial charge >= 0.3 is 0 Å². The number of hydrogen-bond acceptors (Lipinski definition) is 2. The lowest BCUT2D eigenvalue weighted by molar-refractivity contribution is -0.117. The van der Waals surface area contributed by atoms with E-state index in [1.807, 2.05) is 31.2 Å². The van der Waals surface area contributed by atoms with Gasteiger partial charge in [-0.2, -0.15) is 0 Å². The van der Waals surface area contributed by atoms with Crippen LogP contribution in [0.15, 0.2) is 30.3 Å². The van der Waals surface area contributed by atoms with Crippen molar-refractivity contribution < 1.29 is 4.79 Å². The van der Waals surface area contributed by atoms with E-state index >= 15 is 0 Å². The van der Waals surface area contributed by atoms with Crippen LogP contribution in [-0.2, 0) is 4.79 Å². The Labute approximate surface area is 103 Å². The number of rotatable bonds is 5. The molecule has 0 aliphatic rings. The highest BCUT2D eigenvalue weighted by atomic mass is 16.1. The van der Waals surface area contributed by atoms with Crippen LogP contribution < -0.4 is 11.1 Å². The van der Waals surface area contributed by atoms with E-state index in [2.05, 4.69) is 12.2 Å². The zero-order valence-corrected chi connectivity index (χ0v) is 10.4. The molecule has 0 aromatic heterocycles. The van der Waals surface area contributed by atoms with Crippen LogP contribution in [0.5, 0.6) is 0 Å². The summed E-state index contributed by atoms with van der Waals surface area (Å²) in [4.78, 5) is 11.5. The van der Waals surface area contributed by atoms with Gasteiger partial charge in [-0.15, -0.1) is 0 Å². The van der Waals surface area contributed by atoms with Crippen molar-refractivity contribution in [2.75, 3.05) is 5.73 Å². The number of carbonyl (C=O) groups is 1. The molecule has 0 saturated carbocycles. The fourth-order valence-electron chi connectivity index (χ4n) is 1.58. The molecule has 17 heavy (non-hydrogen) atoms. The highest BCUT2D eigenvalue weighted by Crippen LogP contribution is 2.06. The van der Waals surface area contributed by atoms with Crippen LogP contribution in [0.2, 0.25) is 0 Å². The van der Waals surface area contributed by atoms with E-state index in [4.69, 9.17) is 5.73 Å². The summed E-state index contributed by atoms with van der Waals surface area (Å²) in [6.45, 7) is 4.12. The Hall–Kier alpha value is -1.77. The molecule has 3 heteroatoms. The SMILES string of the molecule is CCCC(C)NC(=O)/C=C/c1ccc(N)cc1. The van der Waals surface area contributed by atoms with Gasteiger partial charge in [-0.1, -0.05) is 25.5 Å². The van der Waals surface area contributed by atoms with Crippen LogP contribution in [0.4, 0.5) is 5.69 Å². The quantitative estimate of drug-likeness (QED) is 0.605. The van der Waals surface area contributed by atoms with Crippen LogP contribution in [-0.4, -0.2) is 11.9 Å². The Morgan fingerprint density at radius 1 is 1.41 bits per heavy atom. The number of amides is 1. The van der Waals surface area contributed by atoms with Crippen molar-refractivity contribution in [3.05, 3.63) is 35.9 Å². The molecule has 1 rings (SSSR count). The van der Waals surface area contributed by atoms with Crippen molar-refractivity contribution in [1.82, 2.24) is 5.32 Å². The van der Waals surface area contributed by atoms with Crippen LogP contribution in [0, 0.1) is 0 Å². The largest absolute Gasteiger partial charge is 0.399 e. The maximum absolute atomic E-state index is 11.5. The third-order valence-corrected chi connectivity index (χ3v) is 2.47. The van der Waals surface area contributed by atoms with Gasteiger partial charge < -0.3 is 11.1 Å². The van der Waals surface area contributed by atoms with Gasteiger partial charge in [0.05, 0.1) is 0 Å². The first-order valence-corrected chi connectivity index (χ1v) is 5.96. The Balaban J connectivity index is 2.47. The van der Waals surface area contributed by atoms with Crippen molar-refractivity contribution in [2.45, 2.75) is 32.7 Å². The molecular weight excluding hydrogens is 212 g/mol. The smallest absolute Gasteiger partial charge is 0.244 e. The summed E-state index contributed by atoms with van der Waals surface area (Å²) >= 11 is 0. The van der Waals surface area contributed by atoms with Gasteiger partial charge in [0.1, 0.15) is 0 Å². The van der Waals surface area contributed by atoms with Crippen LogP contribution in [0.3, 0.4) is 0 Å². The minimum Gasteiger partial charge on any atom is -0.399 e. The molecule has 3 N–H and O–H groups in total. The highest BCUT2D eigenvalue weighted by Gasteiger charge is 2.02. The minimum absolute atomic E-state index is 0.0530. The molecule has 0 bridgehead atoms. The number of nitrogens with two attached hydrogens (primary N) is 1. The molecule has 1 atom stereocenters. The van der Waals surface area contributed by atoms with Gasteiger partial charge in [-0.3, -0.25) is 4.79 Å². The van der Waals surface area contributed by atoms with Crippen molar-refractivity contribution in [2.24, 2.45) is 0 Å². The summed E-state index contributed by atoms with van der Waals surface area (Å²) < 4.78 is 0. The summed E-state index contributed by atoms with van der Waals surface area (Å²) in [5.41, 5.74) is 7.27. The average molecular weight is 232 g/mol. The monoisotopic (exact) mass is 232 g/mol. The zero-order valence-electron chi connectivity index (χ0n) is 10.4. The lowest BCUT2D eigenvalue weighted by Gasteiger charge is -2.10. The van der Waals surface area contributed by atoms with Gasteiger partial charge in [0.2, 0.25) is 5.91 Å². The summed E-state index contributed by atoms with van der Waals surface area (Å²) in [5, 5.41) is 2.91. The van der Waals surface area contributed by atoms with E-state index in [-0.39, 0.29) is 11.9 Å². The number of nitrogens with one attached hydrogen (secondary N) is 1. The number of anilines is 1. The first-order chi connectivity index (χ1) is 8.11. The molecule has 0 spiro atoms. The molecule has 0 radical (unpaired) electrons. The first-order valence-electron chi connectivity index (χ1n) is 5.96. The topological polar surface area (TPSA) is 55.1 Å². The molecule has 0 heterocycles. The average Bonchev–Trinajstić information content (AvgIpc) is 2.28. The van der Waals surface area contributed by atoms with Gasteiger partial charge in [0, 0.05) is 17.8 Å². The molecule has 0 aliphatic carbocycles. The number of nitrogen functional groups attached to an aromatic ring is 1. The third kappa shape index (κ3) is 5.20. The zero-order chi connectivity index (χ0) is 12.7. The molecular formula is C14H20N2O. The van der Waals surface area contributed by atoms with Gasteiger partial charge in [-0.05, 0) is 37.1 Å². The van der Waals surface area contributed by atoms with E-state index in [1.54, 1.807) is 12.2 Å². The molecule has 0 aliphatic heterocycles. The minimum atomic E-state index is -0.0530. The number of hydrogen-bond donors (Lipinski definition) is 2.